The Balaban J connectivity index is 1.81. The molecule has 0 aliphatic carbocycles. The van der Waals surface area contributed by atoms with E-state index in [1.165, 1.54) is 0 Å². The number of aliphatic hydroxyl groups is 1. The quantitative estimate of drug-likeness (QED) is 0.855. The number of hydrogen-bond acceptors (Lipinski definition) is 4. The fraction of sp³-hybridized carbons (Fsp3) is 0.727. The topological polar surface area (TPSA) is 50.5 Å². The number of hydrogen-bond donors (Lipinski definition) is 1. The van der Waals surface area contributed by atoms with Crippen LogP contribution in [0.1, 0.15) is 0 Å². The van der Waals surface area contributed by atoms with Crippen molar-refractivity contribution in [3.8, 4) is 0 Å². The first-order chi connectivity index (χ1) is 8.28. The second-order valence-electron chi connectivity index (χ2n) is 4.35. The van der Waals surface area contributed by atoms with E-state index in [1.807, 2.05) is 10.9 Å². The molecule has 6 heteroatoms. The van der Waals surface area contributed by atoms with Gasteiger partial charge in [0.15, 0.2) is 0 Å². The van der Waals surface area contributed by atoms with Gasteiger partial charge in [-0.3, -0.25) is 9.58 Å². The lowest BCUT2D eigenvalue weighted by molar-refractivity contribution is 0.0958. The Morgan fingerprint density at radius 1 is 1.53 bits per heavy atom. The lowest BCUT2D eigenvalue weighted by atomic mass is 10.1. The zero-order chi connectivity index (χ0) is 12.1. The molecule has 0 spiro atoms. The second-order valence-corrected chi connectivity index (χ2v) is 4.78. The average Bonchev–Trinajstić information content (AvgIpc) is 2.62. The zero-order valence-electron chi connectivity index (χ0n) is 9.76. The van der Waals surface area contributed by atoms with E-state index in [0.717, 1.165) is 32.8 Å². The van der Waals surface area contributed by atoms with Crippen LogP contribution in [0.25, 0.3) is 0 Å². The van der Waals surface area contributed by atoms with E-state index in [0.29, 0.717) is 11.6 Å². The molecule has 1 atom stereocenters. The summed E-state index contributed by atoms with van der Waals surface area (Å²) in [5.74, 6) is 0.221. The highest BCUT2D eigenvalue weighted by atomic mass is 35.5. The molecule has 1 aromatic rings. The average molecular weight is 260 g/mol. The number of aromatic nitrogens is 2. The first-order valence-corrected chi connectivity index (χ1v) is 6.24. The molecule has 0 amide bonds. The zero-order valence-corrected chi connectivity index (χ0v) is 10.5. The SMILES string of the molecule is OCC1COCCN(CCn2cc(Cl)cn2)C1. The number of halogens is 1. The van der Waals surface area contributed by atoms with Crippen molar-refractivity contribution in [1.29, 1.82) is 0 Å². The highest BCUT2D eigenvalue weighted by Crippen LogP contribution is 2.08. The van der Waals surface area contributed by atoms with Gasteiger partial charge in [0, 0.05) is 38.4 Å². The molecular formula is C11H18ClN3O2. The van der Waals surface area contributed by atoms with Gasteiger partial charge in [0.1, 0.15) is 0 Å². The first-order valence-electron chi connectivity index (χ1n) is 5.87. The molecular weight excluding hydrogens is 242 g/mol. The Hall–Kier alpha value is -0.620. The Bertz CT molecular complexity index is 345. The summed E-state index contributed by atoms with van der Waals surface area (Å²) in [5, 5.41) is 14.0. The molecule has 1 fully saturated rings. The van der Waals surface area contributed by atoms with Crippen molar-refractivity contribution in [3.05, 3.63) is 17.4 Å². The van der Waals surface area contributed by atoms with Crippen molar-refractivity contribution in [3.63, 3.8) is 0 Å². The maximum Gasteiger partial charge on any atom is 0.0785 e. The summed E-state index contributed by atoms with van der Waals surface area (Å²) in [5.41, 5.74) is 0. The third-order valence-electron chi connectivity index (χ3n) is 2.93. The normalized spacial score (nSPS) is 22.6. The van der Waals surface area contributed by atoms with Gasteiger partial charge in [-0.05, 0) is 0 Å². The number of rotatable bonds is 4. The van der Waals surface area contributed by atoms with Crippen molar-refractivity contribution >= 4 is 11.6 Å². The lowest BCUT2D eigenvalue weighted by Crippen LogP contribution is -2.34. The van der Waals surface area contributed by atoms with Crippen LogP contribution < -0.4 is 0 Å². The molecule has 17 heavy (non-hydrogen) atoms. The van der Waals surface area contributed by atoms with E-state index in [-0.39, 0.29) is 12.5 Å². The van der Waals surface area contributed by atoms with E-state index in [9.17, 15) is 5.11 Å². The third-order valence-corrected chi connectivity index (χ3v) is 3.12. The predicted octanol–water partition coefficient (Wildman–Crippen LogP) is 0.477. The first kappa shape index (κ1) is 12.8. The van der Waals surface area contributed by atoms with Crippen LogP contribution in [-0.4, -0.2) is 59.2 Å². The van der Waals surface area contributed by atoms with Crippen LogP contribution in [0.2, 0.25) is 5.02 Å². The molecule has 96 valence electrons. The van der Waals surface area contributed by atoms with Crippen LogP contribution in [0.3, 0.4) is 0 Å². The molecule has 1 aromatic heterocycles. The molecule has 1 saturated heterocycles. The summed E-state index contributed by atoms with van der Waals surface area (Å²) >= 11 is 5.80. The summed E-state index contributed by atoms with van der Waals surface area (Å²) in [6, 6.07) is 0. The van der Waals surface area contributed by atoms with Gasteiger partial charge in [0.05, 0.1) is 31.0 Å². The van der Waals surface area contributed by atoms with Crippen molar-refractivity contribution in [1.82, 2.24) is 14.7 Å². The molecule has 0 radical (unpaired) electrons. The minimum absolute atomic E-state index is 0.185. The van der Waals surface area contributed by atoms with Gasteiger partial charge in [-0.2, -0.15) is 5.10 Å². The van der Waals surface area contributed by atoms with Crippen molar-refractivity contribution in [2.24, 2.45) is 5.92 Å². The molecule has 1 unspecified atom stereocenters. The fourth-order valence-electron chi connectivity index (χ4n) is 1.97. The van der Waals surface area contributed by atoms with Gasteiger partial charge in [0.25, 0.3) is 0 Å². The van der Waals surface area contributed by atoms with E-state index >= 15 is 0 Å². The molecule has 0 saturated carbocycles. The van der Waals surface area contributed by atoms with Gasteiger partial charge >= 0.3 is 0 Å². The highest BCUT2D eigenvalue weighted by Gasteiger charge is 2.17. The summed E-state index contributed by atoms with van der Waals surface area (Å²) in [7, 11) is 0. The minimum Gasteiger partial charge on any atom is -0.396 e. The molecule has 2 rings (SSSR count). The summed E-state index contributed by atoms with van der Waals surface area (Å²) in [6.45, 7) is 5.07. The number of nitrogens with zero attached hydrogens (tertiary/aromatic N) is 3. The van der Waals surface area contributed by atoms with E-state index in [1.54, 1.807) is 6.20 Å². The number of aliphatic hydroxyl groups excluding tert-OH is 1. The second kappa shape index (κ2) is 6.35. The smallest absolute Gasteiger partial charge is 0.0785 e. The Kier molecular flexibility index (Phi) is 4.79. The van der Waals surface area contributed by atoms with Crippen LogP contribution in [-0.2, 0) is 11.3 Å². The van der Waals surface area contributed by atoms with Crippen LogP contribution in [0.5, 0.6) is 0 Å². The summed E-state index contributed by atoms with van der Waals surface area (Å²) in [6.07, 6.45) is 3.46. The molecule has 1 aliphatic heterocycles. The monoisotopic (exact) mass is 259 g/mol. The third kappa shape index (κ3) is 3.96. The number of ether oxygens (including phenoxy) is 1. The van der Waals surface area contributed by atoms with E-state index < -0.39 is 0 Å². The van der Waals surface area contributed by atoms with Crippen LogP contribution in [0.15, 0.2) is 12.4 Å². The Labute approximate surface area is 106 Å². The maximum absolute atomic E-state index is 9.18. The Morgan fingerprint density at radius 3 is 3.12 bits per heavy atom. The summed E-state index contributed by atoms with van der Waals surface area (Å²) < 4.78 is 7.27. The van der Waals surface area contributed by atoms with Gasteiger partial charge in [-0.15, -0.1) is 0 Å². The standard InChI is InChI=1S/C11H18ClN3O2/c12-11-5-13-15(7-11)2-1-14-3-4-17-9-10(6-14)8-16/h5,7,10,16H,1-4,6,8-9H2. The summed E-state index contributed by atoms with van der Waals surface area (Å²) in [4.78, 5) is 2.30. The van der Waals surface area contributed by atoms with Gasteiger partial charge in [-0.25, -0.2) is 0 Å². The fourth-order valence-corrected chi connectivity index (χ4v) is 2.13. The van der Waals surface area contributed by atoms with Crippen LogP contribution >= 0.6 is 11.6 Å². The van der Waals surface area contributed by atoms with Gasteiger partial charge in [-0.1, -0.05) is 11.6 Å². The lowest BCUT2D eigenvalue weighted by Gasteiger charge is -2.21. The van der Waals surface area contributed by atoms with Crippen molar-refractivity contribution < 1.29 is 9.84 Å². The molecule has 1 aliphatic rings. The molecule has 5 nitrogen and oxygen atoms in total. The largest absolute Gasteiger partial charge is 0.396 e. The minimum atomic E-state index is 0.185. The molecule has 0 bridgehead atoms. The van der Waals surface area contributed by atoms with Crippen LogP contribution in [0, 0.1) is 5.92 Å². The maximum atomic E-state index is 9.18. The predicted molar refractivity (Wildman–Crippen MR) is 65.1 cm³/mol. The molecule has 2 heterocycles. The van der Waals surface area contributed by atoms with E-state index in [2.05, 4.69) is 10.00 Å². The highest BCUT2D eigenvalue weighted by molar-refractivity contribution is 6.30. The van der Waals surface area contributed by atoms with Gasteiger partial charge < -0.3 is 9.84 Å². The van der Waals surface area contributed by atoms with Crippen molar-refractivity contribution in [2.45, 2.75) is 6.54 Å². The molecule has 1 N–H and O–H groups in total. The van der Waals surface area contributed by atoms with Crippen molar-refractivity contribution in [2.75, 3.05) is 39.5 Å². The van der Waals surface area contributed by atoms with Gasteiger partial charge in [0.2, 0.25) is 0 Å². The van der Waals surface area contributed by atoms with Crippen LogP contribution in [0.4, 0.5) is 0 Å². The van der Waals surface area contributed by atoms with E-state index in [4.69, 9.17) is 16.3 Å². The molecule has 0 aromatic carbocycles. The Morgan fingerprint density at radius 2 is 2.41 bits per heavy atom.